The molecule has 1 aliphatic heterocycles. The predicted molar refractivity (Wildman–Crippen MR) is 106 cm³/mol. The lowest BCUT2D eigenvalue weighted by Gasteiger charge is -2.37. The number of benzene rings is 1. The molecule has 1 aliphatic rings. The molecule has 0 spiro atoms. The molecular weight excluding hydrogens is 473 g/mol. The van der Waals surface area contributed by atoms with Crippen molar-refractivity contribution in [2.24, 2.45) is 0 Å². The van der Waals surface area contributed by atoms with E-state index in [1.54, 1.807) is 0 Å². The SMILES string of the molecule is O=C1Nc2cnc(-n3ccnc3-c3ccc(F)cc3)nc2N(CCC(F)(F)F)C1CC(F)(F)F. The van der Waals surface area contributed by atoms with E-state index in [4.69, 9.17) is 0 Å². The highest BCUT2D eigenvalue weighted by Crippen LogP contribution is 2.36. The van der Waals surface area contributed by atoms with Crippen LogP contribution in [0.2, 0.25) is 0 Å². The number of hydrogen-bond acceptors (Lipinski definition) is 5. The van der Waals surface area contributed by atoms with Crippen LogP contribution in [0, 0.1) is 5.82 Å². The third-order valence-corrected chi connectivity index (χ3v) is 4.98. The molecule has 34 heavy (non-hydrogen) atoms. The number of nitrogens with zero attached hydrogens (tertiary/aromatic N) is 5. The minimum atomic E-state index is -4.81. The maximum atomic E-state index is 13.3. The van der Waals surface area contributed by atoms with Crippen LogP contribution < -0.4 is 10.2 Å². The molecule has 0 aliphatic carbocycles. The molecule has 0 saturated heterocycles. The number of halogens is 7. The van der Waals surface area contributed by atoms with Crippen molar-refractivity contribution < 1.29 is 35.5 Å². The highest BCUT2D eigenvalue weighted by atomic mass is 19.4. The first-order chi connectivity index (χ1) is 15.9. The topological polar surface area (TPSA) is 75.9 Å². The molecular formula is C20H15F7N6O. The van der Waals surface area contributed by atoms with Crippen molar-refractivity contribution in [3.8, 4) is 17.3 Å². The van der Waals surface area contributed by atoms with Gasteiger partial charge in [0.2, 0.25) is 11.9 Å². The Kier molecular flexibility index (Phi) is 5.91. The first kappa shape index (κ1) is 23.4. The van der Waals surface area contributed by atoms with Gasteiger partial charge in [-0.1, -0.05) is 0 Å². The predicted octanol–water partition coefficient (Wildman–Crippen LogP) is 4.50. The van der Waals surface area contributed by atoms with Crippen LogP contribution in [0.3, 0.4) is 0 Å². The van der Waals surface area contributed by atoms with Crippen LogP contribution in [0.5, 0.6) is 0 Å². The Labute approximate surface area is 187 Å². The molecule has 3 aromatic rings. The van der Waals surface area contributed by atoms with Gasteiger partial charge in [-0.2, -0.15) is 31.3 Å². The smallest absolute Gasteiger partial charge is 0.342 e. The third-order valence-electron chi connectivity index (χ3n) is 4.98. The molecule has 1 unspecified atom stereocenters. The minimum Gasteiger partial charge on any atom is -0.342 e. The summed E-state index contributed by atoms with van der Waals surface area (Å²) in [5, 5.41) is 2.23. The van der Waals surface area contributed by atoms with E-state index in [0.717, 1.165) is 6.20 Å². The van der Waals surface area contributed by atoms with Crippen molar-refractivity contribution in [1.82, 2.24) is 19.5 Å². The van der Waals surface area contributed by atoms with Gasteiger partial charge in [-0.05, 0) is 24.3 Å². The van der Waals surface area contributed by atoms with E-state index < -0.39 is 49.5 Å². The average molecular weight is 488 g/mol. The van der Waals surface area contributed by atoms with Gasteiger partial charge >= 0.3 is 12.4 Å². The lowest BCUT2D eigenvalue weighted by molar-refractivity contribution is -0.147. The Morgan fingerprint density at radius 3 is 2.35 bits per heavy atom. The van der Waals surface area contributed by atoms with Gasteiger partial charge in [0.25, 0.3) is 0 Å². The van der Waals surface area contributed by atoms with E-state index in [2.05, 4.69) is 20.3 Å². The third kappa shape index (κ3) is 5.10. The quantitative estimate of drug-likeness (QED) is 0.536. The molecule has 1 N–H and O–H groups in total. The fourth-order valence-corrected chi connectivity index (χ4v) is 3.50. The minimum absolute atomic E-state index is 0.116. The number of amides is 1. The standard InChI is InChI=1S/C20H15F7N6O/c21-12-3-1-11(2-4-12)15-28-6-8-33(15)18-29-10-13-16(31-18)32(7-5-19(22,23)24)14(17(34)30-13)9-20(25,26)27/h1-4,6,8,10,14H,5,7,9H2,(H,30,34). The van der Waals surface area contributed by atoms with Gasteiger partial charge in [-0.3, -0.25) is 9.36 Å². The number of anilines is 2. The van der Waals surface area contributed by atoms with Gasteiger partial charge in [0.1, 0.15) is 23.4 Å². The van der Waals surface area contributed by atoms with Crippen molar-refractivity contribution in [2.75, 3.05) is 16.8 Å². The maximum Gasteiger partial charge on any atom is 0.391 e. The monoisotopic (exact) mass is 488 g/mol. The van der Waals surface area contributed by atoms with Crippen molar-refractivity contribution in [2.45, 2.75) is 31.2 Å². The van der Waals surface area contributed by atoms with Crippen LogP contribution >= 0.6 is 0 Å². The highest BCUT2D eigenvalue weighted by molar-refractivity contribution is 6.02. The number of carbonyl (C=O) groups excluding carboxylic acids is 1. The number of alkyl halides is 6. The molecule has 2 aromatic heterocycles. The van der Waals surface area contributed by atoms with Crippen LogP contribution in [0.15, 0.2) is 42.9 Å². The molecule has 3 heterocycles. The summed E-state index contributed by atoms with van der Waals surface area (Å²) in [6, 6.07) is 3.30. The number of fused-ring (bicyclic) bond motifs is 1. The highest BCUT2D eigenvalue weighted by Gasteiger charge is 2.43. The second kappa shape index (κ2) is 8.57. The van der Waals surface area contributed by atoms with Crippen LogP contribution in [-0.2, 0) is 4.79 Å². The van der Waals surface area contributed by atoms with Gasteiger partial charge in [-0.25, -0.2) is 14.4 Å². The number of hydrogen-bond donors (Lipinski definition) is 1. The zero-order valence-electron chi connectivity index (χ0n) is 17.0. The summed E-state index contributed by atoms with van der Waals surface area (Å²) in [7, 11) is 0. The summed E-state index contributed by atoms with van der Waals surface area (Å²) in [6.45, 7) is -0.921. The summed E-state index contributed by atoms with van der Waals surface area (Å²) < 4.78 is 92.6. The van der Waals surface area contributed by atoms with Crippen molar-refractivity contribution in [3.05, 3.63) is 48.7 Å². The summed E-state index contributed by atoms with van der Waals surface area (Å²) in [5.74, 6) is -1.75. The summed E-state index contributed by atoms with van der Waals surface area (Å²) in [4.78, 5) is 25.4. The molecule has 1 aromatic carbocycles. The van der Waals surface area contributed by atoms with E-state index in [9.17, 15) is 35.5 Å². The first-order valence-electron chi connectivity index (χ1n) is 9.79. The van der Waals surface area contributed by atoms with Gasteiger partial charge in [0.15, 0.2) is 5.82 Å². The molecule has 0 bridgehead atoms. The number of rotatable bonds is 5. The van der Waals surface area contributed by atoms with E-state index in [-0.39, 0.29) is 23.3 Å². The van der Waals surface area contributed by atoms with Gasteiger partial charge in [0.05, 0.1) is 19.0 Å². The zero-order valence-corrected chi connectivity index (χ0v) is 17.0. The summed E-state index contributed by atoms with van der Waals surface area (Å²) in [5.41, 5.74) is 0.336. The Morgan fingerprint density at radius 2 is 1.71 bits per heavy atom. The molecule has 7 nitrogen and oxygen atoms in total. The van der Waals surface area contributed by atoms with Gasteiger partial charge in [-0.15, -0.1) is 0 Å². The lowest BCUT2D eigenvalue weighted by atomic mass is 10.1. The molecule has 0 saturated carbocycles. The number of aromatic nitrogens is 4. The zero-order chi connectivity index (χ0) is 24.7. The Bertz CT molecular complexity index is 1190. The lowest BCUT2D eigenvalue weighted by Crippen LogP contribution is -2.51. The normalized spacial score (nSPS) is 16.4. The molecule has 4 rings (SSSR count). The maximum absolute atomic E-state index is 13.3. The van der Waals surface area contributed by atoms with Crippen LogP contribution in [0.4, 0.5) is 42.2 Å². The largest absolute Gasteiger partial charge is 0.391 e. The first-order valence-corrected chi connectivity index (χ1v) is 9.79. The number of nitrogens with one attached hydrogen (secondary N) is 1. The van der Waals surface area contributed by atoms with Crippen LogP contribution in [0.1, 0.15) is 12.8 Å². The van der Waals surface area contributed by atoms with E-state index >= 15 is 0 Å². The molecule has 0 fully saturated rings. The van der Waals surface area contributed by atoms with E-state index in [1.807, 2.05) is 0 Å². The molecule has 1 atom stereocenters. The number of imidazole rings is 1. The summed E-state index contributed by atoms with van der Waals surface area (Å²) >= 11 is 0. The van der Waals surface area contributed by atoms with Crippen molar-refractivity contribution in [1.29, 1.82) is 0 Å². The average Bonchev–Trinajstić information content (AvgIpc) is 3.22. The fourth-order valence-electron chi connectivity index (χ4n) is 3.50. The Balaban J connectivity index is 1.76. The van der Waals surface area contributed by atoms with E-state index in [1.165, 1.54) is 41.2 Å². The molecule has 1 amide bonds. The Hall–Kier alpha value is -3.71. The van der Waals surface area contributed by atoms with E-state index in [0.29, 0.717) is 10.5 Å². The van der Waals surface area contributed by atoms with Gasteiger partial charge < -0.3 is 10.2 Å². The van der Waals surface area contributed by atoms with Crippen molar-refractivity contribution in [3.63, 3.8) is 0 Å². The van der Waals surface area contributed by atoms with Crippen LogP contribution in [-0.4, -0.2) is 50.4 Å². The van der Waals surface area contributed by atoms with Crippen LogP contribution in [0.25, 0.3) is 17.3 Å². The fraction of sp³-hybridized carbons (Fsp3) is 0.300. The second-order valence-corrected chi connectivity index (χ2v) is 7.42. The summed E-state index contributed by atoms with van der Waals surface area (Å²) in [6.07, 6.45) is -8.72. The van der Waals surface area contributed by atoms with Gasteiger partial charge in [0, 0.05) is 24.5 Å². The molecule has 14 heteroatoms. The molecule has 180 valence electrons. The number of carbonyl (C=O) groups is 1. The molecule has 0 radical (unpaired) electrons. The van der Waals surface area contributed by atoms with Crippen molar-refractivity contribution >= 4 is 17.4 Å². The Morgan fingerprint density at radius 1 is 1.00 bits per heavy atom. The second-order valence-electron chi connectivity index (χ2n) is 7.42.